The standard InChI is InChI=1S/C19H19BrN4O2S/c1-3-24-18(15-9-4-5-10-16(15)26-2)22-23-19(24)27-12-17(25)21-14-8-6-7-13(20)11-14/h4-11H,3,12H2,1-2H3,(H,21,25). The van der Waals surface area contributed by atoms with Crippen LogP contribution in [0.4, 0.5) is 5.69 Å². The van der Waals surface area contributed by atoms with Gasteiger partial charge in [0.25, 0.3) is 0 Å². The van der Waals surface area contributed by atoms with E-state index in [1.165, 1.54) is 11.8 Å². The molecule has 0 atom stereocenters. The van der Waals surface area contributed by atoms with E-state index in [4.69, 9.17) is 4.74 Å². The Morgan fingerprint density at radius 1 is 1.22 bits per heavy atom. The largest absolute Gasteiger partial charge is 0.496 e. The van der Waals surface area contributed by atoms with Gasteiger partial charge in [-0.15, -0.1) is 10.2 Å². The van der Waals surface area contributed by atoms with Crippen LogP contribution in [0.5, 0.6) is 5.75 Å². The first-order valence-electron chi connectivity index (χ1n) is 8.37. The summed E-state index contributed by atoms with van der Waals surface area (Å²) in [5.74, 6) is 1.62. The van der Waals surface area contributed by atoms with Gasteiger partial charge in [0.15, 0.2) is 11.0 Å². The number of rotatable bonds is 7. The minimum absolute atomic E-state index is 0.0948. The molecule has 0 saturated heterocycles. The van der Waals surface area contributed by atoms with Crippen LogP contribution >= 0.6 is 27.7 Å². The van der Waals surface area contributed by atoms with Gasteiger partial charge in [0.2, 0.25) is 5.91 Å². The average Bonchev–Trinajstić information content (AvgIpc) is 3.09. The predicted molar refractivity (Wildman–Crippen MR) is 111 cm³/mol. The van der Waals surface area contributed by atoms with Gasteiger partial charge in [-0.25, -0.2) is 0 Å². The Kier molecular flexibility index (Phi) is 6.52. The number of thioether (sulfide) groups is 1. The Bertz CT molecular complexity index is 945. The van der Waals surface area contributed by atoms with Crippen molar-refractivity contribution < 1.29 is 9.53 Å². The topological polar surface area (TPSA) is 69.0 Å². The number of methoxy groups -OCH3 is 1. The van der Waals surface area contributed by atoms with Crippen LogP contribution in [0.15, 0.2) is 58.2 Å². The highest BCUT2D eigenvalue weighted by atomic mass is 79.9. The molecular formula is C19H19BrN4O2S. The van der Waals surface area contributed by atoms with Crippen LogP contribution in [0.1, 0.15) is 6.92 Å². The van der Waals surface area contributed by atoms with Crippen LogP contribution in [0, 0.1) is 0 Å². The molecule has 0 aliphatic rings. The van der Waals surface area contributed by atoms with Crippen molar-refractivity contribution in [2.75, 3.05) is 18.2 Å². The van der Waals surface area contributed by atoms with E-state index >= 15 is 0 Å². The lowest BCUT2D eigenvalue weighted by molar-refractivity contribution is -0.113. The van der Waals surface area contributed by atoms with Crippen LogP contribution in [0.25, 0.3) is 11.4 Å². The Morgan fingerprint density at radius 2 is 2.04 bits per heavy atom. The predicted octanol–water partition coefficient (Wildman–Crippen LogP) is 4.47. The van der Waals surface area contributed by atoms with E-state index < -0.39 is 0 Å². The second kappa shape index (κ2) is 9.05. The van der Waals surface area contributed by atoms with Gasteiger partial charge in [-0.2, -0.15) is 0 Å². The molecule has 1 heterocycles. The fraction of sp³-hybridized carbons (Fsp3) is 0.211. The number of hydrogen-bond donors (Lipinski definition) is 1. The SMILES string of the molecule is CCn1c(SCC(=O)Nc2cccc(Br)c2)nnc1-c1ccccc1OC. The molecule has 8 heteroatoms. The van der Waals surface area contributed by atoms with Crippen molar-refractivity contribution in [1.29, 1.82) is 0 Å². The van der Waals surface area contributed by atoms with Gasteiger partial charge in [-0.05, 0) is 37.3 Å². The third-order valence-electron chi connectivity index (χ3n) is 3.82. The van der Waals surface area contributed by atoms with Crippen LogP contribution in [0.3, 0.4) is 0 Å². The number of anilines is 1. The van der Waals surface area contributed by atoms with Crippen LogP contribution in [0.2, 0.25) is 0 Å². The van der Waals surface area contributed by atoms with Crippen LogP contribution < -0.4 is 10.1 Å². The molecule has 0 fully saturated rings. The van der Waals surface area contributed by atoms with E-state index in [1.54, 1.807) is 7.11 Å². The normalized spacial score (nSPS) is 10.6. The molecule has 2 aromatic carbocycles. The summed E-state index contributed by atoms with van der Waals surface area (Å²) >= 11 is 4.75. The minimum atomic E-state index is -0.0948. The first-order valence-corrected chi connectivity index (χ1v) is 10.1. The van der Waals surface area contributed by atoms with E-state index in [-0.39, 0.29) is 11.7 Å². The monoisotopic (exact) mass is 446 g/mol. The molecule has 0 bridgehead atoms. The smallest absolute Gasteiger partial charge is 0.234 e. The number of carbonyl (C=O) groups is 1. The summed E-state index contributed by atoms with van der Waals surface area (Å²) in [5.41, 5.74) is 1.63. The molecule has 140 valence electrons. The summed E-state index contributed by atoms with van der Waals surface area (Å²) in [4.78, 5) is 12.2. The van der Waals surface area contributed by atoms with E-state index in [0.717, 1.165) is 27.3 Å². The number of nitrogens with zero attached hydrogens (tertiary/aromatic N) is 3. The maximum absolute atomic E-state index is 12.2. The van der Waals surface area contributed by atoms with Crippen molar-refractivity contribution in [3.05, 3.63) is 53.0 Å². The second-order valence-electron chi connectivity index (χ2n) is 5.60. The first-order chi connectivity index (χ1) is 13.1. The lowest BCUT2D eigenvalue weighted by Crippen LogP contribution is -2.14. The zero-order valence-electron chi connectivity index (χ0n) is 15.0. The second-order valence-corrected chi connectivity index (χ2v) is 7.46. The van der Waals surface area contributed by atoms with Crippen molar-refractivity contribution >= 4 is 39.3 Å². The van der Waals surface area contributed by atoms with E-state index in [2.05, 4.69) is 31.4 Å². The summed E-state index contributed by atoms with van der Waals surface area (Å²) in [6, 6.07) is 15.2. The van der Waals surface area contributed by atoms with Gasteiger partial charge >= 0.3 is 0 Å². The fourth-order valence-corrected chi connectivity index (χ4v) is 3.80. The molecule has 0 unspecified atom stereocenters. The van der Waals surface area contributed by atoms with Gasteiger partial charge in [-0.3, -0.25) is 4.79 Å². The molecule has 1 aromatic heterocycles. The molecular weight excluding hydrogens is 428 g/mol. The summed E-state index contributed by atoms with van der Waals surface area (Å²) < 4.78 is 8.32. The Balaban J connectivity index is 1.72. The number of aromatic nitrogens is 3. The fourth-order valence-electron chi connectivity index (χ4n) is 2.60. The highest BCUT2D eigenvalue weighted by Crippen LogP contribution is 2.30. The summed E-state index contributed by atoms with van der Waals surface area (Å²) in [5, 5.41) is 12.2. The quantitative estimate of drug-likeness (QED) is 0.542. The summed E-state index contributed by atoms with van der Waals surface area (Å²) in [7, 11) is 1.63. The maximum Gasteiger partial charge on any atom is 0.234 e. The highest BCUT2D eigenvalue weighted by Gasteiger charge is 2.17. The molecule has 27 heavy (non-hydrogen) atoms. The molecule has 0 aliphatic carbocycles. The lowest BCUT2D eigenvalue weighted by atomic mass is 10.2. The third-order valence-corrected chi connectivity index (χ3v) is 5.28. The minimum Gasteiger partial charge on any atom is -0.496 e. The number of hydrogen-bond acceptors (Lipinski definition) is 5. The van der Waals surface area contributed by atoms with Gasteiger partial charge in [0, 0.05) is 16.7 Å². The molecule has 6 nitrogen and oxygen atoms in total. The molecule has 3 aromatic rings. The number of halogens is 1. The molecule has 0 spiro atoms. The average molecular weight is 447 g/mol. The molecule has 0 aliphatic heterocycles. The zero-order chi connectivity index (χ0) is 19.2. The Hall–Kier alpha value is -2.32. The van der Waals surface area contributed by atoms with E-state index in [1.807, 2.05) is 60.0 Å². The Labute approximate surface area is 170 Å². The Morgan fingerprint density at radius 3 is 2.78 bits per heavy atom. The first kappa shape index (κ1) is 19.4. The molecule has 1 amide bonds. The number of para-hydroxylation sites is 1. The zero-order valence-corrected chi connectivity index (χ0v) is 17.4. The highest BCUT2D eigenvalue weighted by molar-refractivity contribution is 9.10. The molecule has 0 radical (unpaired) electrons. The number of benzene rings is 2. The lowest BCUT2D eigenvalue weighted by Gasteiger charge is -2.10. The van der Waals surface area contributed by atoms with Crippen molar-refractivity contribution in [2.24, 2.45) is 0 Å². The van der Waals surface area contributed by atoms with Crippen LogP contribution in [-0.2, 0) is 11.3 Å². The summed E-state index contributed by atoms with van der Waals surface area (Å²) in [6.45, 7) is 2.71. The molecule has 3 rings (SSSR count). The molecule has 1 N–H and O–H groups in total. The summed E-state index contributed by atoms with van der Waals surface area (Å²) in [6.07, 6.45) is 0. The van der Waals surface area contributed by atoms with E-state index in [0.29, 0.717) is 11.7 Å². The van der Waals surface area contributed by atoms with Gasteiger partial charge < -0.3 is 14.6 Å². The van der Waals surface area contributed by atoms with Crippen molar-refractivity contribution in [2.45, 2.75) is 18.6 Å². The van der Waals surface area contributed by atoms with Gasteiger partial charge in [0.05, 0.1) is 18.4 Å². The number of nitrogens with one attached hydrogen (secondary N) is 1. The van der Waals surface area contributed by atoms with Crippen molar-refractivity contribution in [1.82, 2.24) is 14.8 Å². The number of carbonyl (C=O) groups excluding carboxylic acids is 1. The molecule has 0 saturated carbocycles. The van der Waals surface area contributed by atoms with Crippen LogP contribution in [-0.4, -0.2) is 33.5 Å². The van der Waals surface area contributed by atoms with Crippen molar-refractivity contribution in [3.8, 4) is 17.1 Å². The van der Waals surface area contributed by atoms with E-state index in [9.17, 15) is 4.79 Å². The number of ether oxygens (including phenoxy) is 1. The van der Waals surface area contributed by atoms with Gasteiger partial charge in [0.1, 0.15) is 5.75 Å². The maximum atomic E-state index is 12.2. The third kappa shape index (κ3) is 4.70. The number of amides is 1. The van der Waals surface area contributed by atoms with Gasteiger partial charge in [-0.1, -0.05) is 45.9 Å². The van der Waals surface area contributed by atoms with Crippen molar-refractivity contribution in [3.63, 3.8) is 0 Å².